The van der Waals surface area contributed by atoms with Gasteiger partial charge in [0.05, 0.1) is 5.52 Å². The van der Waals surface area contributed by atoms with E-state index in [0.29, 0.717) is 5.02 Å². The highest BCUT2D eigenvalue weighted by molar-refractivity contribution is 6.31. The molecule has 100 valence electrons. The summed E-state index contributed by atoms with van der Waals surface area (Å²) in [5.74, 6) is 0. The van der Waals surface area contributed by atoms with Gasteiger partial charge in [0.1, 0.15) is 6.10 Å². The molecule has 3 aromatic rings. The Hall–Kier alpha value is -1.90. The Balaban J connectivity index is 2.12. The van der Waals surface area contributed by atoms with Gasteiger partial charge in [-0.15, -0.1) is 0 Å². The predicted octanol–water partition coefficient (Wildman–Crippen LogP) is 4.28. The van der Waals surface area contributed by atoms with Crippen molar-refractivity contribution in [2.45, 2.75) is 13.0 Å². The second-order valence-corrected chi connectivity index (χ2v) is 5.24. The van der Waals surface area contributed by atoms with Crippen molar-refractivity contribution in [1.29, 1.82) is 0 Å². The van der Waals surface area contributed by atoms with Crippen molar-refractivity contribution in [2.24, 2.45) is 0 Å². The van der Waals surface area contributed by atoms with Gasteiger partial charge in [0.25, 0.3) is 0 Å². The number of hydrogen-bond donors (Lipinski definition) is 1. The molecule has 1 N–H and O–H groups in total. The summed E-state index contributed by atoms with van der Waals surface area (Å²) in [5, 5.41) is 12.2. The first kappa shape index (κ1) is 13.1. The van der Waals surface area contributed by atoms with Crippen LogP contribution in [0, 0.1) is 6.92 Å². The van der Waals surface area contributed by atoms with Crippen molar-refractivity contribution in [1.82, 2.24) is 4.98 Å². The minimum atomic E-state index is -0.707. The Labute approximate surface area is 122 Å². The highest BCUT2D eigenvalue weighted by Crippen LogP contribution is 2.29. The first-order valence-corrected chi connectivity index (χ1v) is 6.82. The average molecular weight is 284 g/mol. The quantitative estimate of drug-likeness (QED) is 0.761. The Morgan fingerprint density at radius 1 is 1.10 bits per heavy atom. The van der Waals surface area contributed by atoms with Crippen LogP contribution in [-0.4, -0.2) is 10.1 Å². The lowest BCUT2D eigenvalue weighted by Crippen LogP contribution is -2.01. The Bertz CT molecular complexity index is 765. The molecule has 0 saturated heterocycles. The van der Waals surface area contributed by atoms with Crippen molar-refractivity contribution in [3.05, 3.63) is 76.4 Å². The van der Waals surface area contributed by atoms with Gasteiger partial charge in [-0.05, 0) is 41.8 Å². The SMILES string of the molecule is Cc1ccc(C(O)c2ccnc3ccccc23)cc1Cl. The van der Waals surface area contributed by atoms with Crippen LogP contribution in [0.15, 0.2) is 54.7 Å². The van der Waals surface area contributed by atoms with E-state index in [9.17, 15) is 5.11 Å². The van der Waals surface area contributed by atoms with Gasteiger partial charge >= 0.3 is 0 Å². The molecule has 0 amide bonds. The summed E-state index contributed by atoms with van der Waals surface area (Å²) in [4.78, 5) is 4.31. The van der Waals surface area contributed by atoms with Crippen molar-refractivity contribution in [3.8, 4) is 0 Å². The summed E-state index contributed by atoms with van der Waals surface area (Å²) in [5.41, 5.74) is 3.51. The van der Waals surface area contributed by atoms with Gasteiger partial charge in [0.15, 0.2) is 0 Å². The van der Waals surface area contributed by atoms with Crippen molar-refractivity contribution in [3.63, 3.8) is 0 Å². The molecule has 0 saturated carbocycles. The molecule has 0 aliphatic heterocycles. The minimum absolute atomic E-state index is 0.667. The lowest BCUT2D eigenvalue weighted by Gasteiger charge is -2.14. The van der Waals surface area contributed by atoms with Gasteiger partial charge in [0.2, 0.25) is 0 Å². The first-order chi connectivity index (χ1) is 9.66. The van der Waals surface area contributed by atoms with Crippen molar-refractivity contribution >= 4 is 22.5 Å². The fraction of sp³-hybridized carbons (Fsp3) is 0.118. The molecular weight excluding hydrogens is 270 g/mol. The maximum absolute atomic E-state index is 10.6. The normalized spacial score (nSPS) is 12.6. The number of benzene rings is 2. The van der Waals surface area contributed by atoms with Gasteiger partial charge < -0.3 is 5.11 Å². The molecule has 0 radical (unpaired) electrons. The fourth-order valence-corrected chi connectivity index (χ4v) is 2.50. The lowest BCUT2D eigenvalue weighted by molar-refractivity contribution is 0.222. The van der Waals surface area contributed by atoms with E-state index in [0.717, 1.165) is 27.6 Å². The van der Waals surface area contributed by atoms with Crippen LogP contribution in [0.3, 0.4) is 0 Å². The third kappa shape index (κ3) is 2.28. The minimum Gasteiger partial charge on any atom is -0.384 e. The highest BCUT2D eigenvalue weighted by atomic mass is 35.5. The molecule has 1 aromatic heterocycles. The van der Waals surface area contributed by atoms with E-state index in [4.69, 9.17) is 11.6 Å². The van der Waals surface area contributed by atoms with Crippen LogP contribution in [-0.2, 0) is 0 Å². The molecule has 1 heterocycles. The number of nitrogens with zero attached hydrogens (tertiary/aromatic N) is 1. The summed E-state index contributed by atoms with van der Waals surface area (Å²) in [7, 11) is 0. The van der Waals surface area contributed by atoms with E-state index >= 15 is 0 Å². The number of aryl methyl sites for hydroxylation is 1. The van der Waals surface area contributed by atoms with Gasteiger partial charge in [-0.3, -0.25) is 4.98 Å². The highest BCUT2D eigenvalue weighted by Gasteiger charge is 2.14. The maximum Gasteiger partial charge on any atom is 0.105 e. The molecule has 0 spiro atoms. The summed E-state index contributed by atoms with van der Waals surface area (Å²) in [6, 6.07) is 15.3. The number of aromatic nitrogens is 1. The van der Waals surface area contributed by atoms with Gasteiger partial charge in [-0.1, -0.05) is 41.9 Å². The number of rotatable bonds is 2. The first-order valence-electron chi connectivity index (χ1n) is 6.44. The third-order valence-electron chi connectivity index (χ3n) is 3.49. The van der Waals surface area contributed by atoms with Crippen LogP contribution in [0.4, 0.5) is 0 Å². The smallest absolute Gasteiger partial charge is 0.105 e. The molecule has 2 nitrogen and oxygen atoms in total. The van der Waals surface area contributed by atoms with Crippen molar-refractivity contribution in [2.75, 3.05) is 0 Å². The van der Waals surface area contributed by atoms with Crippen LogP contribution in [0.25, 0.3) is 10.9 Å². The molecule has 1 unspecified atom stereocenters. The third-order valence-corrected chi connectivity index (χ3v) is 3.90. The maximum atomic E-state index is 10.6. The Morgan fingerprint density at radius 3 is 2.70 bits per heavy atom. The number of aliphatic hydroxyl groups excluding tert-OH is 1. The zero-order valence-electron chi connectivity index (χ0n) is 11.0. The number of para-hydroxylation sites is 1. The summed E-state index contributed by atoms with van der Waals surface area (Å²) in [6.07, 6.45) is 1.01. The standard InChI is InChI=1S/C17H14ClNO/c1-11-6-7-12(10-15(11)18)17(20)14-8-9-19-16-5-3-2-4-13(14)16/h2-10,17,20H,1H3. The molecule has 0 aliphatic rings. The Kier molecular flexibility index (Phi) is 3.43. The Morgan fingerprint density at radius 2 is 1.90 bits per heavy atom. The van der Waals surface area contributed by atoms with Crippen LogP contribution < -0.4 is 0 Å². The van der Waals surface area contributed by atoms with E-state index in [2.05, 4.69) is 4.98 Å². The molecule has 20 heavy (non-hydrogen) atoms. The van der Waals surface area contributed by atoms with Crippen LogP contribution in [0.2, 0.25) is 5.02 Å². The van der Waals surface area contributed by atoms with Gasteiger partial charge in [-0.25, -0.2) is 0 Å². The lowest BCUT2D eigenvalue weighted by atomic mass is 9.97. The van der Waals surface area contributed by atoms with Crippen molar-refractivity contribution < 1.29 is 5.11 Å². The summed E-state index contributed by atoms with van der Waals surface area (Å²) in [6.45, 7) is 1.94. The predicted molar refractivity (Wildman–Crippen MR) is 82.0 cm³/mol. The van der Waals surface area contributed by atoms with E-state index in [1.54, 1.807) is 6.20 Å². The number of pyridine rings is 1. The van der Waals surface area contributed by atoms with E-state index < -0.39 is 6.10 Å². The van der Waals surface area contributed by atoms with Gasteiger partial charge in [-0.2, -0.15) is 0 Å². The number of fused-ring (bicyclic) bond motifs is 1. The fourth-order valence-electron chi connectivity index (χ4n) is 2.32. The van der Waals surface area contributed by atoms with Crippen LogP contribution >= 0.6 is 11.6 Å². The van der Waals surface area contributed by atoms with Crippen LogP contribution in [0.1, 0.15) is 22.8 Å². The molecular formula is C17H14ClNO. The number of halogens is 1. The summed E-state index contributed by atoms with van der Waals surface area (Å²) >= 11 is 6.14. The molecule has 3 heteroatoms. The molecule has 2 aromatic carbocycles. The zero-order valence-corrected chi connectivity index (χ0v) is 11.8. The second kappa shape index (κ2) is 5.23. The molecule has 0 fully saturated rings. The van der Waals surface area contributed by atoms with Gasteiger partial charge in [0, 0.05) is 16.6 Å². The summed E-state index contributed by atoms with van der Waals surface area (Å²) < 4.78 is 0. The number of hydrogen-bond acceptors (Lipinski definition) is 2. The monoisotopic (exact) mass is 283 g/mol. The molecule has 1 atom stereocenters. The van der Waals surface area contributed by atoms with E-state index in [-0.39, 0.29) is 0 Å². The topological polar surface area (TPSA) is 33.1 Å². The number of aliphatic hydroxyl groups is 1. The molecule has 0 aliphatic carbocycles. The van der Waals surface area contributed by atoms with Crippen LogP contribution in [0.5, 0.6) is 0 Å². The molecule has 3 rings (SSSR count). The molecule has 0 bridgehead atoms. The second-order valence-electron chi connectivity index (χ2n) is 4.83. The van der Waals surface area contributed by atoms with E-state index in [1.807, 2.05) is 55.5 Å². The van der Waals surface area contributed by atoms with E-state index in [1.165, 1.54) is 0 Å². The zero-order chi connectivity index (χ0) is 14.1. The average Bonchev–Trinajstić information content (AvgIpc) is 2.49. The largest absolute Gasteiger partial charge is 0.384 e.